The van der Waals surface area contributed by atoms with E-state index < -0.39 is 69.9 Å². The van der Waals surface area contributed by atoms with Gasteiger partial charge in [-0.25, -0.2) is 4.79 Å². The second-order valence-corrected chi connectivity index (χ2v) is 18.1. The van der Waals surface area contributed by atoms with Crippen LogP contribution in [0.4, 0.5) is 4.79 Å². The van der Waals surface area contributed by atoms with E-state index in [1.807, 2.05) is 62.3 Å². The second-order valence-electron chi connectivity index (χ2n) is 18.1. The number of likely N-dealkylation sites (tertiary alicyclic amines) is 2. The normalized spacial score (nSPS) is 24.4. The number of urea groups is 1. The number of fused-ring (bicyclic) bond motifs is 1. The molecule has 1 aliphatic carbocycles. The summed E-state index contributed by atoms with van der Waals surface area (Å²) in [7, 11) is 0. The van der Waals surface area contributed by atoms with Crippen molar-refractivity contribution in [3.63, 3.8) is 0 Å². The van der Waals surface area contributed by atoms with E-state index in [-0.39, 0.29) is 55.0 Å². The zero-order valence-corrected chi connectivity index (χ0v) is 32.4. The lowest BCUT2D eigenvalue weighted by Gasteiger charge is -2.40. The van der Waals surface area contributed by atoms with Crippen molar-refractivity contribution < 1.29 is 33.6 Å². The molecule has 0 aromatic heterocycles. The monoisotopic (exact) mass is 702 g/mol. The van der Waals surface area contributed by atoms with Crippen molar-refractivity contribution in [2.75, 3.05) is 19.6 Å². The minimum absolute atomic E-state index is 0.000191. The van der Waals surface area contributed by atoms with Crippen LogP contribution in [0.25, 0.3) is 0 Å². The molecule has 1 saturated carbocycles. The molecule has 0 spiro atoms. The van der Waals surface area contributed by atoms with Gasteiger partial charge in [-0.15, -0.1) is 0 Å². The molecule has 13 heteroatoms. The van der Waals surface area contributed by atoms with Gasteiger partial charge in [0.15, 0.2) is 0 Å². The van der Waals surface area contributed by atoms with Gasteiger partial charge in [0.1, 0.15) is 12.1 Å². The van der Waals surface area contributed by atoms with Crippen LogP contribution in [0.15, 0.2) is 0 Å². The summed E-state index contributed by atoms with van der Waals surface area (Å²) in [5, 5.41) is 11.1. The molecule has 3 rings (SSSR count). The van der Waals surface area contributed by atoms with Gasteiger partial charge in [0.25, 0.3) is 5.91 Å². The second kappa shape index (κ2) is 15.0. The molecule has 3 aliphatic rings. The molecule has 6 atom stereocenters. The van der Waals surface area contributed by atoms with Crippen molar-refractivity contribution in [3.8, 4) is 0 Å². The maximum Gasteiger partial charge on any atom is 0.315 e. The summed E-state index contributed by atoms with van der Waals surface area (Å²) in [6, 6.07) is -4.19. The Hall–Kier alpha value is -3.51. The van der Waals surface area contributed by atoms with Gasteiger partial charge in [0, 0.05) is 32.5 Å². The summed E-state index contributed by atoms with van der Waals surface area (Å²) in [6.07, 6.45) is 2.14. The molecule has 2 saturated heterocycles. The Kier molecular flexibility index (Phi) is 12.3. The van der Waals surface area contributed by atoms with Crippen LogP contribution in [-0.2, 0) is 28.8 Å². The number of ketones is 1. The Morgan fingerprint density at radius 2 is 1.44 bits per heavy atom. The SMILES string of the molecule is CCCCC(NC(=O)[C@@H]1[C@@H]2[C@H](CN1C(=O)[C@@H](NC(=O)N[C@@H](CN1C(=O)CC(C)(C)CC1=O)C(C)(C)C)C(C)(C)C)C2(C)C)C(=O)C(=O)NCC. The lowest BCUT2D eigenvalue weighted by molar-refractivity contribution is -0.153. The number of nitrogens with one attached hydrogen (secondary N) is 4. The van der Waals surface area contributed by atoms with E-state index in [1.54, 1.807) is 6.92 Å². The van der Waals surface area contributed by atoms with Crippen LogP contribution in [0.1, 0.15) is 115 Å². The van der Waals surface area contributed by atoms with Gasteiger partial charge in [-0.1, -0.05) is 89.0 Å². The predicted molar refractivity (Wildman–Crippen MR) is 189 cm³/mol. The molecular weight excluding hydrogens is 640 g/mol. The van der Waals surface area contributed by atoms with E-state index in [4.69, 9.17) is 0 Å². The summed E-state index contributed by atoms with van der Waals surface area (Å²) in [5.74, 6) is -3.04. The summed E-state index contributed by atoms with van der Waals surface area (Å²) in [6.45, 7) is 23.3. The highest BCUT2D eigenvalue weighted by atomic mass is 16.2. The number of hydrogen-bond acceptors (Lipinski definition) is 7. The first-order valence-corrected chi connectivity index (χ1v) is 18.2. The Balaban J connectivity index is 1.83. The van der Waals surface area contributed by atoms with Crippen LogP contribution in [0, 0.1) is 33.5 Å². The van der Waals surface area contributed by atoms with Gasteiger partial charge in [-0.2, -0.15) is 0 Å². The predicted octanol–water partition coefficient (Wildman–Crippen LogP) is 3.15. The molecule has 1 unspecified atom stereocenters. The van der Waals surface area contributed by atoms with Crippen LogP contribution >= 0.6 is 0 Å². The number of piperidine rings is 2. The minimum Gasteiger partial charge on any atom is -0.350 e. The minimum atomic E-state index is -1.04. The van der Waals surface area contributed by atoms with Crippen molar-refractivity contribution in [3.05, 3.63) is 0 Å². The van der Waals surface area contributed by atoms with Crippen molar-refractivity contribution in [1.82, 2.24) is 31.1 Å². The van der Waals surface area contributed by atoms with Gasteiger partial charge in [0.2, 0.25) is 29.4 Å². The fraction of sp³-hybridized carbons (Fsp3) is 0.811. The number of likely N-dealkylation sites (N-methyl/N-ethyl adjacent to an activating group) is 1. The molecule has 7 amide bonds. The van der Waals surface area contributed by atoms with Gasteiger partial charge in [0.05, 0.1) is 12.1 Å². The zero-order chi connectivity index (χ0) is 38.1. The topological polar surface area (TPSA) is 174 Å². The molecule has 2 aliphatic heterocycles. The smallest absolute Gasteiger partial charge is 0.315 e. The van der Waals surface area contributed by atoms with Gasteiger partial charge in [-0.3, -0.25) is 33.7 Å². The van der Waals surface area contributed by atoms with Gasteiger partial charge >= 0.3 is 6.03 Å². The fourth-order valence-electron chi connectivity index (χ4n) is 7.43. The van der Waals surface area contributed by atoms with E-state index in [0.29, 0.717) is 19.4 Å². The highest BCUT2D eigenvalue weighted by molar-refractivity contribution is 6.38. The quantitative estimate of drug-likeness (QED) is 0.169. The average Bonchev–Trinajstić information content (AvgIpc) is 3.29. The summed E-state index contributed by atoms with van der Waals surface area (Å²) < 4.78 is 0. The average molecular weight is 703 g/mol. The molecule has 0 aromatic rings. The standard InChI is InChI=1S/C37H62N6O7/c1-13-15-16-22(28(46)31(48)38-14-2)39-30(47)27-26-21(37(26,11)12)19-43(27)32(49)29(35(6,7)8)41-33(50)40-23(34(3,4)5)20-42-24(44)17-36(9,10)18-25(42)45/h21-23,26-27,29H,13-20H2,1-12H3,(H,38,48)(H,39,47)(H2,40,41,50)/t21-,22?,23-,26-,27-,29+/m0/s1. The number of hydrogen-bond donors (Lipinski definition) is 4. The van der Waals surface area contributed by atoms with E-state index >= 15 is 0 Å². The fourth-order valence-corrected chi connectivity index (χ4v) is 7.43. The Morgan fingerprint density at radius 1 is 0.860 bits per heavy atom. The molecule has 2 heterocycles. The van der Waals surface area contributed by atoms with Gasteiger partial charge in [-0.05, 0) is 46.8 Å². The first-order chi connectivity index (χ1) is 22.9. The van der Waals surface area contributed by atoms with Crippen LogP contribution < -0.4 is 21.3 Å². The summed E-state index contributed by atoms with van der Waals surface area (Å²) in [5.41, 5.74) is -1.95. The first kappa shape index (κ1) is 40.9. The number of Topliss-reactive ketones (excluding diaryl/α,β-unsaturated/α-hetero) is 1. The molecule has 282 valence electrons. The number of carbonyl (C=O) groups excluding carboxylic acids is 7. The molecule has 4 N–H and O–H groups in total. The third-order valence-electron chi connectivity index (χ3n) is 10.8. The number of amides is 7. The molecule has 0 radical (unpaired) electrons. The lowest BCUT2D eigenvalue weighted by Crippen LogP contribution is -2.63. The zero-order valence-electron chi connectivity index (χ0n) is 32.4. The molecular formula is C37H62N6O7. The van der Waals surface area contributed by atoms with Crippen LogP contribution in [0.5, 0.6) is 0 Å². The van der Waals surface area contributed by atoms with Crippen LogP contribution in [0.2, 0.25) is 0 Å². The maximum absolute atomic E-state index is 14.4. The summed E-state index contributed by atoms with van der Waals surface area (Å²) in [4.78, 5) is 96.3. The summed E-state index contributed by atoms with van der Waals surface area (Å²) >= 11 is 0. The maximum atomic E-state index is 14.4. The highest BCUT2D eigenvalue weighted by Gasteiger charge is 2.70. The number of rotatable bonds is 13. The van der Waals surface area contributed by atoms with Crippen molar-refractivity contribution in [2.24, 2.45) is 33.5 Å². The van der Waals surface area contributed by atoms with Crippen molar-refractivity contribution >= 4 is 41.4 Å². The Labute approximate surface area is 298 Å². The van der Waals surface area contributed by atoms with E-state index in [0.717, 1.165) is 6.42 Å². The number of nitrogens with zero attached hydrogens (tertiary/aromatic N) is 2. The number of carbonyl (C=O) groups is 7. The Bertz CT molecular complexity index is 1340. The molecule has 3 fully saturated rings. The lowest BCUT2D eigenvalue weighted by atomic mass is 9.80. The number of imide groups is 1. The Morgan fingerprint density at radius 3 is 1.94 bits per heavy atom. The first-order valence-electron chi connectivity index (χ1n) is 18.2. The number of unbranched alkanes of at least 4 members (excludes halogenated alkanes) is 1. The van der Waals surface area contributed by atoms with Crippen molar-refractivity contribution in [2.45, 2.75) is 139 Å². The van der Waals surface area contributed by atoms with E-state index in [9.17, 15) is 33.6 Å². The van der Waals surface area contributed by atoms with Crippen molar-refractivity contribution in [1.29, 1.82) is 0 Å². The third-order valence-corrected chi connectivity index (χ3v) is 10.8. The van der Waals surface area contributed by atoms with Crippen LogP contribution in [0.3, 0.4) is 0 Å². The van der Waals surface area contributed by atoms with E-state index in [1.165, 1.54) is 9.80 Å². The third kappa shape index (κ3) is 9.23. The molecule has 0 bridgehead atoms. The molecule has 50 heavy (non-hydrogen) atoms. The molecule has 0 aromatic carbocycles. The molecule has 13 nitrogen and oxygen atoms in total. The van der Waals surface area contributed by atoms with Crippen LogP contribution in [-0.4, -0.2) is 95.0 Å². The largest absolute Gasteiger partial charge is 0.350 e. The van der Waals surface area contributed by atoms with E-state index in [2.05, 4.69) is 35.1 Å². The highest BCUT2D eigenvalue weighted by Crippen LogP contribution is 2.65. The van der Waals surface area contributed by atoms with Gasteiger partial charge < -0.3 is 26.2 Å².